The van der Waals surface area contributed by atoms with Gasteiger partial charge in [0.15, 0.2) is 5.65 Å². The first-order valence-electron chi connectivity index (χ1n) is 6.77. The fourth-order valence-corrected chi connectivity index (χ4v) is 2.13. The molecule has 0 radical (unpaired) electrons. The molecule has 0 atom stereocenters. The van der Waals surface area contributed by atoms with Crippen molar-refractivity contribution in [1.29, 1.82) is 0 Å². The van der Waals surface area contributed by atoms with E-state index in [1.807, 2.05) is 13.8 Å². The maximum absolute atomic E-state index is 12.2. The second-order valence-electron chi connectivity index (χ2n) is 4.57. The minimum atomic E-state index is 0.0417. The topological polar surface area (TPSA) is 116 Å². The predicted octanol–water partition coefficient (Wildman–Crippen LogP) is -0.0569. The highest BCUT2D eigenvalue weighted by molar-refractivity contribution is 5.90. The van der Waals surface area contributed by atoms with Crippen molar-refractivity contribution in [2.45, 2.75) is 13.8 Å². The summed E-state index contributed by atoms with van der Waals surface area (Å²) in [6.45, 7) is 5.50. The largest absolute Gasteiger partial charge is 0.350 e. The number of hydrazine groups is 1. The molecular formula is C12H20N8O. The number of carbonyl (C=O) groups excluding carboxylic acids is 1. The molecule has 114 valence electrons. The van der Waals surface area contributed by atoms with Crippen molar-refractivity contribution in [2.75, 3.05) is 37.0 Å². The van der Waals surface area contributed by atoms with Crippen LogP contribution in [-0.2, 0) is 4.79 Å². The Kier molecular flexibility index (Phi) is 4.53. The predicted molar refractivity (Wildman–Crippen MR) is 80.7 cm³/mol. The standard InChI is InChI=1S/C12H20N8O/c1-4-20(5-2)9(21)7-19(3)11-8-6-14-18-10(8)15-12(16-11)17-13/h6H,4-5,7,13H2,1-3H3,(H2,14,15,16,17,18). The Balaban J connectivity index is 2.28. The van der Waals surface area contributed by atoms with Crippen LogP contribution in [0.2, 0.25) is 0 Å². The van der Waals surface area contributed by atoms with E-state index in [2.05, 4.69) is 25.6 Å². The van der Waals surface area contributed by atoms with Gasteiger partial charge >= 0.3 is 0 Å². The monoisotopic (exact) mass is 292 g/mol. The first-order chi connectivity index (χ1) is 10.1. The van der Waals surface area contributed by atoms with Gasteiger partial charge in [-0.15, -0.1) is 0 Å². The molecule has 2 aromatic rings. The zero-order valence-corrected chi connectivity index (χ0v) is 12.4. The zero-order valence-electron chi connectivity index (χ0n) is 12.4. The molecule has 0 unspecified atom stereocenters. The van der Waals surface area contributed by atoms with Crippen LogP contribution in [0.5, 0.6) is 0 Å². The van der Waals surface area contributed by atoms with Gasteiger partial charge < -0.3 is 9.80 Å². The molecule has 0 aromatic carbocycles. The fourth-order valence-electron chi connectivity index (χ4n) is 2.13. The normalized spacial score (nSPS) is 10.7. The van der Waals surface area contributed by atoms with Crippen LogP contribution in [0.15, 0.2) is 6.20 Å². The third-order valence-electron chi connectivity index (χ3n) is 3.27. The number of amides is 1. The molecule has 0 saturated carbocycles. The molecule has 9 nitrogen and oxygen atoms in total. The highest BCUT2D eigenvalue weighted by Crippen LogP contribution is 2.22. The number of fused-ring (bicyclic) bond motifs is 1. The molecule has 9 heteroatoms. The summed E-state index contributed by atoms with van der Waals surface area (Å²) in [5.41, 5.74) is 2.98. The molecule has 0 bridgehead atoms. The number of nitrogens with zero attached hydrogens (tertiary/aromatic N) is 5. The SMILES string of the molecule is CCN(CC)C(=O)CN(C)c1nc(NN)nc2[nH]ncc12. The quantitative estimate of drug-likeness (QED) is 0.504. The van der Waals surface area contributed by atoms with Gasteiger partial charge in [-0.3, -0.25) is 15.3 Å². The number of likely N-dealkylation sites (N-methyl/N-ethyl adjacent to an activating group) is 2. The molecule has 0 aliphatic heterocycles. The van der Waals surface area contributed by atoms with Gasteiger partial charge in [-0.2, -0.15) is 15.1 Å². The average molecular weight is 292 g/mol. The average Bonchev–Trinajstić information content (AvgIpc) is 2.95. The summed E-state index contributed by atoms with van der Waals surface area (Å²) in [6, 6.07) is 0. The molecule has 21 heavy (non-hydrogen) atoms. The number of rotatable bonds is 6. The summed E-state index contributed by atoms with van der Waals surface area (Å²) >= 11 is 0. The Morgan fingerprint density at radius 1 is 1.38 bits per heavy atom. The Morgan fingerprint density at radius 3 is 2.71 bits per heavy atom. The van der Waals surface area contributed by atoms with Crippen LogP contribution in [-0.4, -0.2) is 57.7 Å². The molecule has 0 aliphatic carbocycles. The molecule has 0 fully saturated rings. The lowest BCUT2D eigenvalue weighted by Gasteiger charge is -2.24. The van der Waals surface area contributed by atoms with E-state index in [0.29, 0.717) is 24.6 Å². The number of nitrogens with two attached hydrogens (primary N) is 1. The van der Waals surface area contributed by atoms with Crippen molar-refractivity contribution in [1.82, 2.24) is 25.1 Å². The number of nitrogens with one attached hydrogen (secondary N) is 2. The van der Waals surface area contributed by atoms with Gasteiger partial charge in [-0.1, -0.05) is 0 Å². The number of nitrogen functional groups attached to an aromatic ring is 1. The van der Waals surface area contributed by atoms with E-state index in [1.54, 1.807) is 23.0 Å². The third-order valence-corrected chi connectivity index (χ3v) is 3.27. The van der Waals surface area contributed by atoms with Crippen molar-refractivity contribution in [3.05, 3.63) is 6.20 Å². The lowest BCUT2D eigenvalue weighted by atomic mass is 10.3. The van der Waals surface area contributed by atoms with Gasteiger partial charge in [0, 0.05) is 20.1 Å². The van der Waals surface area contributed by atoms with Gasteiger partial charge in [0.2, 0.25) is 11.9 Å². The molecule has 0 spiro atoms. The highest BCUT2D eigenvalue weighted by Gasteiger charge is 2.17. The second kappa shape index (κ2) is 6.35. The number of anilines is 2. The van der Waals surface area contributed by atoms with Gasteiger partial charge in [-0.25, -0.2) is 5.84 Å². The van der Waals surface area contributed by atoms with E-state index >= 15 is 0 Å². The number of carbonyl (C=O) groups is 1. The van der Waals surface area contributed by atoms with Gasteiger partial charge in [-0.05, 0) is 13.8 Å². The van der Waals surface area contributed by atoms with Crippen molar-refractivity contribution in [3.8, 4) is 0 Å². The number of aromatic nitrogens is 4. The van der Waals surface area contributed by atoms with E-state index in [0.717, 1.165) is 5.39 Å². The van der Waals surface area contributed by atoms with Crippen molar-refractivity contribution >= 4 is 28.7 Å². The van der Waals surface area contributed by atoms with Crippen molar-refractivity contribution in [3.63, 3.8) is 0 Å². The molecule has 1 amide bonds. The number of hydrogen-bond donors (Lipinski definition) is 3. The fraction of sp³-hybridized carbons (Fsp3) is 0.500. The molecule has 0 saturated heterocycles. The summed E-state index contributed by atoms with van der Waals surface area (Å²) in [4.78, 5) is 24.2. The number of H-pyrrole nitrogens is 1. The van der Waals surface area contributed by atoms with Crippen LogP contribution in [0.1, 0.15) is 13.8 Å². The summed E-state index contributed by atoms with van der Waals surface area (Å²) in [6.07, 6.45) is 1.63. The van der Waals surface area contributed by atoms with Crippen LogP contribution in [0.25, 0.3) is 11.0 Å². The van der Waals surface area contributed by atoms with Crippen LogP contribution >= 0.6 is 0 Å². The maximum atomic E-state index is 12.2. The van der Waals surface area contributed by atoms with Crippen LogP contribution < -0.4 is 16.2 Å². The van der Waals surface area contributed by atoms with Crippen LogP contribution in [0.4, 0.5) is 11.8 Å². The third kappa shape index (κ3) is 3.02. The second-order valence-corrected chi connectivity index (χ2v) is 4.57. The smallest absolute Gasteiger partial charge is 0.242 e. The summed E-state index contributed by atoms with van der Waals surface area (Å²) in [5, 5.41) is 7.46. The molecular weight excluding hydrogens is 272 g/mol. The molecule has 2 aromatic heterocycles. The first-order valence-corrected chi connectivity index (χ1v) is 6.77. The summed E-state index contributed by atoms with van der Waals surface area (Å²) in [5.74, 6) is 6.28. The maximum Gasteiger partial charge on any atom is 0.242 e. The van der Waals surface area contributed by atoms with Gasteiger partial charge in [0.25, 0.3) is 0 Å². The Hall–Kier alpha value is -2.42. The van der Waals surface area contributed by atoms with E-state index in [4.69, 9.17) is 5.84 Å². The Bertz CT molecular complexity index is 621. The summed E-state index contributed by atoms with van der Waals surface area (Å²) < 4.78 is 0. The minimum Gasteiger partial charge on any atom is -0.350 e. The minimum absolute atomic E-state index is 0.0417. The highest BCUT2D eigenvalue weighted by atomic mass is 16.2. The van der Waals surface area contributed by atoms with E-state index in [9.17, 15) is 4.79 Å². The van der Waals surface area contributed by atoms with Crippen molar-refractivity contribution in [2.24, 2.45) is 5.84 Å². The van der Waals surface area contributed by atoms with Crippen molar-refractivity contribution < 1.29 is 4.79 Å². The van der Waals surface area contributed by atoms with Gasteiger partial charge in [0.05, 0.1) is 18.1 Å². The van der Waals surface area contributed by atoms with Crippen LogP contribution in [0, 0.1) is 0 Å². The zero-order chi connectivity index (χ0) is 15.4. The van der Waals surface area contributed by atoms with E-state index in [1.165, 1.54) is 0 Å². The van der Waals surface area contributed by atoms with E-state index in [-0.39, 0.29) is 18.4 Å². The Morgan fingerprint density at radius 2 is 2.10 bits per heavy atom. The first kappa shape index (κ1) is 15.0. The lowest BCUT2D eigenvalue weighted by molar-refractivity contribution is -0.129. The van der Waals surface area contributed by atoms with E-state index < -0.39 is 0 Å². The molecule has 4 N–H and O–H groups in total. The molecule has 2 rings (SSSR count). The lowest BCUT2D eigenvalue weighted by Crippen LogP contribution is -2.39. The molecule has 2 heterocycles. The summed E-state index contributed by atoms with van der Waals surface area (Å²) in [7, 11) is 1.80. The number of hydrogen-bond acceptors (Lipinski definition) is 7. The van der Waals surface area contributed by atoms with Crippen LogP contribution in [0.3, 0.4) is 0 Å². The molecule has 0 aliphatic rings. The Labute approximate surface area is 122 Å². The van der Waals surface area contributed by atoms with Gasteiger partial charge in [0.1, 0.15) is 5.82 Å². The number of aromatic amines is 1.